The van der Waals surface area contributed by atoms with Crippen molar-refractivity contribution in [3.8, 4) is 0 Å². The van der Waals surface area contributed by atoms with Gasteiger partial charge in [-0.2, -0.15) is 0 Å². The monoisotopic (exact) mass is 186 g/mol. The molecule has 12 heavy (non-hydrogen) atoms. The molecule has 0 fully saturated rings. The third-order valence-electron chi connectivity index (χ3n) is 1.63. The molecule has 2 N–H and O–H groups in total. The molecule has 0 amide bonds. The van der Waals surface area contributed by atoms with Gasteiger partial charge in [0.15, 0.2) is 0 Å². The van der Waals surface area contributed by atoms with Gasteiger partial charge < -0.3 is 10.4 Å². The molecule has 1 rings (SSSR count). The van der Waals surface area contributed by atoms with E-state index in [0.717, 1.165) is 5.01 Å². The number of hydrogen-bond donors (Lipinski definition) is 2. The summed E-state index contributed by atoms with van der Waals surface area (Å²) in [5.41, 5.74) is 0. The minimum atomic E-state index is 0.129. The molecular weight excluding hydrogens is 172 g/mol. The zero-order valence-electron chi connectivity index (χ0n) is 7.32. The second-order valence-corrected chi connectivity index (χ2v) is 3.77. The number of nitrogens with one attached hydrogen (secondary N) is 1. The Morgan fingerprint density at radius 2 is 2.42 bits per heavy atom. The molecule has 0 aliphatic carbocycles. The van der Waals surface area contributed by atoms with Crippen LogP contribution in [-0.4, -0.2) is 22.7 Å². The lowest BCUT2D eigenvalue weighted by Crippen LogP contribution is -2.31. The molecule has 3 nitrogen and oxygen atoms in total. The van der Waals surface area contributed by atoms with E-state index in [1.54, 1.807) is 17.5 Å². The topological polar surface area (TPSA) is 45.1 Å². The van der Waals surface area contributed by atoms with Crippen LogP contribution < -0.4 is 5.32 Å². The molecule has 2 atom stereocenters. The number of hydrogen-bond acceptors (Lipinski definition) is 4. The van der Waals surface area contributed by atoms with Crippen LogP contribution in [0.5, 0.6) is 0 Å². The molecule has 0 aromatic carbocycles. The lowest BCUT2D eigenvalue weighted by Gasteiger charge is -2.15. The van der Waals surface area contributed by atoms with Gasteiger partial charge in [0.1, 0.15) is 5.01 Å². The van der Waals surface area contributed by atoms with Crippen LogP contribution in [0.15, 0.2) is 11.6 Å². The Morgan fingerprint density at radius 3 is 2.92 bits per heavy atom. The van der Waals surface area contributed by atoms with Gasteiger partial charge in [0.25, 0.3) is 0 Å². The van der Waals surface area contributed by atoms with Crippen LogP contribution in [0, 0.1) is 0 Å². The third kappa shape index (κ3) is 2.55. The lowest BCUT2D eigenvalue weighted by molar-refractivity contribution is 0.243. The van der Waals surface area contributed by atoms with Crippen LogP contribution >= 0.6 is 11.3 Å². The highest BCUT2D eigenvalue weighted by atomic mass is 32.1. The van der Waals surface area contributed by atoms with Crippen LogP contribution in [0.2, 0.25) is 0 Å². The second kappa shape index (κ2) is 4.54. The van der Waals surface area contributed by atoms with E-state index in [1.807, 2.05) is 19.2 Å². The summed E-state index contributed by atoms with van der Waals surface area (Å²) in [4.78, 5) is 4.18. The van der Waals surface area contributed by atoms with E-state index in [2.05, 4.69) is 10.3 Å². The fourth-order valence-corrected chi connectivity index (χ4v) is 1.65. The van der Waals surface area contributed by atoms with E-state index in [4.69, 9.17) is 5.11 Å². The average Bonchev–Trinajstić information content (AvgIpc) is 2.56. The predicted octanol–water partition coefficient (Wildman–Crippen LogP) is 1.17. The van der Waals surface area contributed by atoms with E-state index in [-0.39, 0.29) is 18.7 Å². The van der Waals surface area contributed by atoms with Gasteiger partial charge in [0, 0.05) is 17.6 Å². The molecule has 4 heteroatoms. The first kappa shape index (κ1) is 9.64. The molecule has 0 saturated heterocycles. The molecule has 0 aliphatic heterocycles. The Bertz CT molecular complexity index is 213. The molecule has 1 unspecified atom stereocenters. The third-order valence-corrected chi connectivity index (χ3v) is 2.59. The van der Waals surface area contributed by atoms with Gasteiger partial charge in [-0.25, -0.2) is 4.98 Å². The van der Waals surface area contributed by atoms with E-state index in [9.17, 15) is 0 Å². The lowest BCUT2D eigenvalue weighted by atomic mass is 10.3. The number of thiazole rings is 1. The van der Waals surface area contributed by atoms with E-state index in [0.29, 0.717) is 0 Å². The molecule has 0 radical (unpaired) electrons. The minimum Gasteiger partial charge on any atom is -0.395 e. The fourth-order valence-electron chi connectivity index (χ4n) is 0.999. The van der Waals surface area contributed by atoms with Crippen LogP contribution in [0.25, 0.3) is 0 Å². The summed E-state index contributed by atoms with van der Waals surface area (Å²) in [7, 11) is 0. The molecule has 1 aromatic heterocycles. The maximum absolute atomic E-state index is 8.80. The molecule has 0 bridgehead atoms. The quantitative estimate of drug-likeness (QED) is 0.742. The predicted molar refractivity (Wildman–Crippen MR) is 50.2 cm³/mol. The zero-order chi connectivity index (χ0) is 8.97. The summed E-state index contributed by atoms with van der Waals surface area (Å²) >= 11 is 1.63. The van der Waals surface area contributed by atoms with Gasteiger partial charge in [0.05, 0.1) is 12.6 Å². The van der Waals surface area contributed by atoms with E-state index in [1.165, 1.54) is 0 Å². The van der Waals surface area contributed by atoms with Crippen molar-refractivity contribution in [3.63, 3.8) is 0 Å². The SMILES string of the molecule is CC(N[C@H](C)CO)c1nccs1. The summed E-state index contributed by atoms with van der Waals surface area (Å²) in [6.07, 6.45) is 1.79. The fraction of sp³-hybridized carbons (Fsp3) is 0.625. The van der Waals surface area contributed by atoms with Gasteiger partial charge in [0.2, 0.25) is 0 Å². The summed E-state index contributed by atoms with van der Waals surface area (Å²) in [5.74, 6) is 0. The number of rotatable bonds is 4. The van der Waals surface area contributed by atoms with Crippen LogP contribution in [0.1, 0.15) is 24.9 Å². The first-order valence-corrected chi connectivity index (χ1v) is 4.88. The van der Waals surface area contributed by atoms with Crippen molar-refractivity contribution in [3.05, 3.63) is 16.6 Å². The minimum absolute atomic E-state index is 0.129. The van der Waals surface area contributed by atoms with Crippen molar-refractivity contribution in [2.45, 2.75) is 25.9 Å². The zero-order valence-corrected chi connectivity index (χ0v) is 8.14. The largest absolute Gasteiger partial charge is 0.395 e. The van der Waals surface area contributed by atoms with Gasteiger partial charge >= 0.3 is 0 Å². The Kier molecular flexibility index (Phi) is 3.65. The van der Waals surface area contributed by atoms with Crippen LogP contribution in [-0.2, 0) is 0 Å². The van der Waals surface area contributed by atoms with Crippen molar-refractivity contribution in [2.75, 3.05) is 6.61 Å². The van der Waals surface area contributed by atoms with Gasteiger partial charge in [-0.05, 0) is 13.8 Å². The first-order valence-electron chi connectivity index (χ1n) is 4.00. The normalized spacial score (nSPS) is 15.9. The molecular formula is C8H14N2OS. The Balaban J connectivity index is 2.44. The Labute approximate surface area is 76.5 Å². The first-order chi connectivity index (χ1) is 5.74. The smallest absolute Gasteiger partial charge is 0.109 e. The number of aliphatic hydroxyl groups excluding tert-OH is 1. The highest BCUT2D eigenvalue weighted by molar-refractivity contribution is 7.09. The maximum Gasteiger partial charge on any atom is 0.109 e. The van der Waals surface area contributed by atoms with Crippen molar-refractivity contribution in [1.82, 2.24) is 10.3 Å². The molecule has 0 saturated carbocycles. The molecule has 1 aromatic rings. The standard InChI is InChI=1S/C8H14N2OS/c1-6(5-11)10-7(2)8-9-3-4-12-8/h3-4,6-7,10-11H,5H2,1-2H3/t6-,7?/m1/s1. The summed E-state index contributed by atoms with van der Waals surface area (Å²) in [6, 6.07) is 0.357. The number of aliphatic hydroxyl groups is 1. The summed E-state index contributed by atoms with van der Waals surface area (Å²) < 4.78 is 0. The van der Waals surface area contributed by atoms with E-state index >= 15 is 0 Å². The highest BCUT2D eigenvalue weighted by Gasteiger charge is 2.09. The van der Waals surface area contributed by atoms with Crippen LogP contribution in [0.3, 0.4) is 0 Å². The van der Waals surface area contributed by atoms with Crippen LogP contribution in [0.4, 0.5) is 0 Å². The molecule has 0 aliphatic rings. The van der Waals surface area contributed by atoms with Crippen molar-refractivity contribution < 1.29 is 5.11 Å². The van der Waals surface area contributed by atoms with Gasteiger partial charge in [-0.15, -0.1) is 11.3 Å². The maximum atomic E-state index is 8.80. The molecule has 68 valence electrons. The number of nitrogens with zero attached hydrogens (tertiary/aromatic N) is 1. The summed E-state index contributed by atoms with van der Waals surface area (Å²) in [5, 5.41) is 15.1. The van der Waals surface area contributed by atoms with Crippen molar-refractivity contribution in [2.24, 2.45) is 0 Å². The van der Waals surface area contributed by atoms with Crippen molar-refractivity contribution >= 4 is 11.3 Å². The average molecular weight is 186 g/mol. The Hall–Kier alpha value is -0.450. The molecule has 0 spiro atoms. The highest BCUT2D eigenvalue weighted by Crippen LogP contribution is 2.14. The van der Waals surface area contributed by atoms with Gasteiger partial charge in [-0.3, -0.25) is 0 Å². The summed E-state index contributed by atoms with van der Waals surface area (Å²) in [6.45, 7) is 4.16. The van der Waals surface area contributed by atoms with E-state index < -0.39 is 0 Å². The van der Waals surface area contributed by atoms with Gasteiger partial charge in [-0.1, -0.05) is 0 Å². The second-order valence-electron chi connectivity index (χ2n) is 2.84. The Morgan fingerprint density at radius 1 is 1.67 bits per heavy atom. The number of aromatic nitrogens is 1. The molecule has 1 heterocycles. The van der Waals surface area contributed by atoms with Crippen molar-refractivity contribution in [1.29, 1.82) is 0 Å².